The number of anilines is 2. The molecule has 2 aliphatic carbocycles. The van der Waals surface area contributed by atoms with Gasteiger partial charge in [0.1, 0.15) is 35.5 Å². The summed E-state index contributed by atoms with van der Waals surface area (Å²) in [5.41, 5.74) is 15.3. The lowest BCUT2D eigenvalue weighted by Gasteiger charge is -2.43. The van der Waals surface area contributed by atoms with Crippen molar-refractivity contribution in [2.75, 3.05) is 49.1 Å². The van der Waals surface area contributed by atoms with E-state index in [9.17, 15) is 0 Å². The minimum atomic E-state index is 0.457. The Labute approximate surface area is 298 Å². The molecule has 6 aliphatic heterocycles. The molecule has 0 radical (unpaired) electrons. The second-order valence-corrected chi connectivity index (χ2v) is 15.1. The van der Waals surface area contributed by atoms with Gasteiger partial charge in [0.05, 0.1) is 11.4 Å². The first kappa shape index (κ1) is 31.1. The summed E-state index contributed by atoms with van der Waals surface area (Å²) in [5.74, 6) is 1.71. The fourth-order valence-electron chi connectivity index (χ4n) is 9.70. The van der Waals surface area contributed by atoms with Gasteiger partial charge in [0, 0.05) is 66.9 Å². The third kappa shape index (κ3) is 5.07. The van der Waals surface area contributed by atoms with Gasteiger partial charge in [0.2, 0.25) is 5.36 Å². The molecule has 0 spiro atoms. The third-order valence-corrected chi connectivity index (χ3v) is 12.2. The molecular formula is C43H47N6O2+. The largest absolute Gasteiger partial charge is 0.452 e. The van der Waals surface area contributed by atoms with E-state index in [0.29, 0.717) is 6.04 Å². The molecule has 8 nitrogen and oxygen atoms in total. The van der Waals surface area contributed by atoms with Crippen LogP contribution < -0.4 is 25.1 Å². The zero-order valence-corrected chi connectivity index (χ0v) is 30.2. The molecule has 1 unspecified atom stereocenters. The van der Waals surface area contributed by atoms with Crippen LogP contribution in [0.25, 0.3) is 45.1 Å². The molecule has 0 N–H and O–H groups in total. The van der Waals surface area contributed by atoms with Gasteiger partial charge in [0.25, 0.3) is 0 Å². The highest BCUT2D eigenvalue weighted by molar-refractivity contribution is 5.89. The maximum atomic E-state index is 6.75. The molecule has 0 saturated heterocycles. The first-order valence-corrected chi connectivity index (χ1v) is 19.5. The van der Waals surface area contributed by atoms with Crippen molar-refractivity contribution in [2.24, 2.45) is 4.99 Å². The van der Waals surface area contributed by atoms with Crippen molar-refractivity contribution in [3.63, 3.8) is 0 Å². The number of benzene rings is 4. The van der Waals surface area contributed by atoms with Gasteiger partial charge >= 0.3 is 0 Å². The third-order valence-electron chi connectivity index (χ3n) is 12.2. The highest BCUT2D eigenvalue weighted by Gasteiger charge is 2.33. The minimum Gasteiger partial charge on any atom is -0.452 e. The Kier molecular flexibility index (Phi) is 7.43. The van der Waals surface area contributed by atoms with Crippen LogP contribution in [0, 0.1) is 6.92 Å². The first-order valence-electron chi connectivity index (χ1n) is 19.5. The van der Waals surface area contributed by atoms with Crippen molar-refractivity contribution in [3.8, 4) is 22.9 Å². The van der Waals surface area contributed by atoms with E-state index in [1.807, 2.05) is 0 Å². The maximum absolute atomic E-state index is 6.75. The van der Waals surface area contributed by atoms with Crippen LogP contribution >= 0.6 is 0 Å². The molecule has 0 bridgehead atoms. The highest BCUT2D eigenvalue weighted by Crippen LogP contribution is 2.44. The van der Waals surface area contributed by atoms with E-state index in [4.69, 9.17) is 23.8 Å². The van der Waals surface area contributed by atoms with Gasteiger partial charge < -0.3 is 18.6 Å². The Morgan fingerprint density at radius 3 is 2.24 bits per heavy atom. The number of hydrogen-bond donors (Lipinski definition) is 0. The van der Waals surface area contributed by atoms with Crippen molar-refractivity contribution in [2.45, 2.75) is 84.6 Å². The van der Waals surface area contributed by atoms with Crippen molar-refractivity contribution in [1.82, 2.24) is 14.5 Å². The Hall–Kier alpha value is -4.72. The van der Waals surface area contributed by atoms with Crippen LogP contribution in [0.15, 0.2) is 56.3 Å². The molecule has 260 valence electrons. The SMILES string of the molecule is CC[N+](CC)=c1ccc2nc3cc4c5c(c3oc-2c1)CCCN5C(CCN=c1cc2oc3c5c6c(cc3nc-2cc1C)CCCN6CCC5)CC4. The van der Waals surface area contributed by atoms with Crippen LogP contribution in [0.3, 0.4) is 0 Å². The van der Waals surface area contributed by atoms with Crippen LogP contribution in [0.4, 0.5) is 11.4 Å². The summed E-state index contributed by atoms with van der Waals surface area (Å²) in [4.78, 5) is 20.7. The zero-order valence-electron chi connectivity index (χ0n) is 30.2. The first-order chi connectivity index (χ1) is 25.1. The van der Waals surface area contributed by atoms with Gasteiger partial charge in [-0.2, -0.15) is 0 Å². The second-order valence-electron chi connectivity index (χ2n) is 15.1. The lowest BCUT2D eigenvalue weighted by Crippen LogP contribution is -2.43. The van der Waals surface area contributed by atoms with Gasteiger partial charge in [-0.3, -0.25) is 4.99 Å². The van der Waals surface area contributed by atoms with Gasteiger partial charge in [-0.15, -0.1) is 0 Å². The fourth-order valence-corrected chi connectivity index (χ4v) is 9.70. The highest BCUT2D eigenvalue weighted by atomic mass is 16.3. The molecule has 8 aliphatic rings. The molecule has 2 aromatic rings. The van der Waals surface area contributed by atoms with Crippen LogP contribution in [-0.4, -0.2) is 55.3 Å². The number of fused-ring (bicyclic) bond motifs is 6. The van der Waals surface area contributed by atoms with Gasteiger partial charge in [0.15, 0.2) is 22.7 Å². The minimum absolute atomic E-state index is 0.457. The van der Waals surface area contributed by atoms with E-state index in [1.165, 1.54) is 51.8 Å². The molecule has 0 amide bonds. The second kappa shape index (κ2) is 12.2. The molecule has 0 fully saturated rings. The standard InChI is InChI=1S/C43H47N6O2/c1-4-47(5-2)30-14-15-33-38(24-30)50-43-32-11-8-20-49-29(13-12-28(41(32)49)23-36(43)45-33)16-17-44-34-25-39-35(21-26(34)3)46-37-22-27-9-6-18-48-19-7-10-31(40(27)48)42(37)51-39/h14-15,21-25,29H,4-13,16-20H2,1-3H3/q+1. The molecule has 10 rings (SSSR count). The van der Waals surface area contributed by atoms with E-state index in [-0.39, 0.29) is 0 Å². The average molecular weight is 680 g/mol. The number of hydrogen-bond acceptors (Lipinski definition) is 7. The molecule has 0 aromatic heterocycles. The molecule has 2 aromatic carbocycles. The predicted molar refractivity (Wildman–Crippen MR) is 204 cm³/mol. The van der Waals surface area contributed by atoms with E-state index < -0.39 is 0 Å². The number of aromatic nitrogens is 2. The Balaban J connectivity index is 0.964. The lowest BCUT2D eigenvalue weighted by molar-refractivity contribution is 0.479. The zero-order chi connectivity index (χ0) is 34.2. The maximum Gasteiger partial charge on any atom is 0.203 e. The van der Waals surface area contributed by atoms with Crippen molar-refractivity contribution in [1.29, 1.82) is 0 Å². The van der Waals surface area contributed by atoms with Crippen LogP contribution in [0.2, 0.25) is 0 Å². The fraction of sp³-hybridized carbons (Fsp3) is 0.442. The van der Waals surface area contributed by atoms with E-state index in [0.717, 1.165) is 140 Å². The van der Waals surface area contributed by atoms with E-state index >= 15 is 0 Å². The summed E-state index contributed by atoms with van der Waals surface area (Å²) < 4.78 is 15.8. The summed E-state index contributed by atoms with van der Waals surface area (Å²) in [6.45, 7) is 12.7. The van der Waals surface area contributed by atoms with E-state index in [2.05, 4.69) is 77.6 Å². The number of nitrogens with zero attached hydrogens (tertiary/aromatic N) is 6. The average Bonchev–Trinajstić information content (AvgIpc) is 3.15. The van der Waals surface area contributed by atoms with E-state index in [1.54, 1.807) is 0 Å². The summed E-state index contributed by atoms with van der Waals surface area (Å²) in [5, 5.41) is 2.21. The molecule has 1 atom stereocenters. The predicted octanol–water partition coefficient (Wildman–Crippen LogP) is 7.06. The number of rotatable bonds is 5. The summed E-state index contributed by atoms with van der Waals surface area (Å²) in [6, 6.07) is 15.8. The summed E-state index contributed by atoms with van der Waals surface area (Å²) in [7, 11) is 0. The lowest BCUT2D eigenvalue weighted by atomic mass is 9.86. The molecule has 8 heteroatoms. The smallest absolute Gasteiger partial charge is 0.203 e. The van der Waals surface area contributed by atoms with Crippen LogP contribution in [0.1, 0.15) is 73.8 Å². The topological polar surface area (TPSA) is 73.9 Å². The molecule has 6 heterocycles. The summed E-state index contributed by atoms with van der Waals surface area (Å²) >= 11 is 0. The van der Waals surface area contributed by atoms with Crippen LogP contribution in [-0.2, 0) is 25.7 Å². The molecular weight excluding hydrogens is 633 g/mol. The van der Waals surface area contributed by atoms with Gasteiger partial charge in [-0.25, -0.2) is 14.5 Å². The monoisotopic (exact) mass is 679 g/mol. The normalized spacial score (nSPS) is 18.6. The quantitative estimate of drug-likeness (QED) is 0.144. The van der Waals surface area contributed by atoms with Crippen molar-refractivity contribution in [3.05, 3.63) is 81.0 Å². The van der Waals surface area contributed by atoms with Crippen molar-refractivity contribution >= 4 is 33.6 Å². The summed E-state index contributed by atoms with van der Waals surface area (Å²) in [6.07, 6.45) is 9.98. The Morgan fingerprint density at radius 2 is 1.45 bits per heavy atom. The number of aryl methyl sites for hydroxylation is 5. The van der Waals surface area contributed by atoms with Crippen LogP contribution in [0.5, 0.6) is 0 Å². The van der Waals surface area contributed by atoms with Crippen molar-refractivity contribution < 1.29 is 8.83 Å². The van der Waals surface area contributed by atoms with Gasteiger partial charge in [-0.1, -0.05) is 0 Å². The Bertz CT molecular complexity index is 2430. The van der Waals surface area contributed by atoms with Gasteiger partial charge in [-0.05, 0) is 120 Å². The molecule has 0 saturated carbocycles. The Morgan fingerprint density at radius 1 is 0.765 bits per heavy atom. The molecule has 51 heavy (non-hydrogen) atoms.